The molecule has 3 aliphatic heterocycles. The van der Waals surface area contributed by atoms with E-state index >= 15 is 0 Å². The normalized spacial score (nSPS) is 26.3. The van der Waals surface area contributed by atoms with Gasteiger partial charge in [-0.3, -0.25) is 14.7 Å². The van der Waals surface area contributed by atoms with E-state index in [4.69, 9.17) is 0 Å². The van der Waals surface area contributed by atoms with Crippen LogP contribution in [0.3, 0.4) is 0 Å². The maximum Gasteiger partial charge on any atom is 0.254 e. The lowest BCUT2D eigenvalue weighted by atomic mass is 9.95. The Kier molecular flexibility index (Phi) is 3.96. The van der Waals surface area contributed by atoms with E-state index in [2.05, 4.69) is 33.8 Å². The number of benzene rings is 1. The molecular weight excluding hydrogens is 322 g/mol. The molecule has 4 fully saturated rings. The number of piperidine rings is 1. The monoisotopic (exact) mass is 349 g/mol. The third kappa shape index (κ3) is 3.01. The van der Waals surface area contributed by atoms with Crippen LogP contribution in [-0.4, -0.2) is 52.9 Å². The minimum absolute atomic E-state index is 0.188. The molecule has 1 amide bonds. The Morgan fingerprint density at radius 1 is 1.12 bits per heavy atom. The molecule has 0 unspecified atom stereocenters. The predicted octanol–water partition coefficient (Wildman–Crippen LogP) is 3.49. The number of amides is 1. The molecule has 4 heteroatoms. The molecule has 0 N–H and O–H groups in total. The number of aryl methyl sites for hydroxylation is 1. The van der Waals surface area contributed by atoms with Crippen molar-refractivity contribution in [1.82, 2.24) is 14.8 Å². The third-order valence-corrected chi connectivity index (χ3v) is 6.43. The molecule has 1 aromatic heterocycles. The topological polar surface area (TPSA) is 36.4 Å². The van der Waals surface area contributed by atoms with Gasteiger partial charge in [0, 0.05) is 43.8 Å². The van der Waals surface area contributed by atoms with Crippen LogP contribution < -0.4 is 0 Å². The smallest absolute Gasteiger partial charge is 0.254 e. The number of hydrogen-bond acceptors (Lipinski definition) is 3. The highest BCUT2D eigenvalue weighted by Gasteiger charge is 2.38. The number of carbonyl (C=O) groups is 1. The number of pyridine rings is 1. The van der Waals surface area contributed by atoms with Gasteiger partial charge >= 0.3 is 0 Å². The van der Waals surface area contributed by atoms with E-state index in [1.54, 1.807) is 6.20 Å². The van der Waals surface area contributed by atoms with Crippen molar-refractivity contribution in [3.8, 4) is 0 Å². The minimum Gasteiger partial charge on any atom is -0.337 e. The first-order valence-corrected chi connectivity index (χ1v) is 10.1. The second-order valence-electron chi connectivity index (χ2n) is 8.58. The lowest BCUT2D eigenvalue weighted by Crippen LogP contribution is -2.45. The fourth-order valence-corrected chi connectivity index (χ4v) is 4.82. The number of aromatic nitrogens is 1. The summed E-state index contributed by atoms with van der Waals surface area (Å²) in [5.41, 5.74) is 2.90. The molecule has 4 nitrogen and oxygen atoms in total. The molecule has 4 aliphatic rings. The molecule has 26 heavy (non-hydrogen) atoms. The zero-order valence-corrected chi connectivity index (χ0v) is 15.5. The van der Waals surface area contributed by atoms with Crippen LogP contribution in [0.25, 0.3) is 10.9 Å². The largest absolute Gasteiger partial charge is 0.337 e. The van der Waals surface area contributed by atoms with Crippen molar-refractivity contribution < 1.29 is 4.79 Å². The Morgan fingerprint density at radius 2 is 2.00 bits per heavy atom. The maximum atomic E-state index is 13.4. The molecule has 0 spiro atoms. The first-order chi connectivity index (χ1) is 12.7. The second kappa shape index (κ2) is 6.34. The molecule has 0 radical (unpaired) electrons. The maximum absolute atomic E-state index is 13.4. The summed E-state index contributed by atoms with van der Waals surface area (Å²) in [7, 11) is 0. The standard InChI is InChI=1S/C22H27N3O/c1-15-2-7-21-20(10-15)19(8-9-23-21)22(26)25-13-17-5-6-18(14-25)24(12-17)11-16-3-4-16/h2,7-10,16-18H,3-6,11-14H2,1H3/t17-,18-/m1/s1. The lowest BCUT2D eigenvalue weighted by Gasteiger charge is -2.36. The molecule has 6 rings (SSSR count). The molecule has 2 atom stereocenters. The van der Waals surface area contributed by atoms with Crippen LogP contribution in [0.15, 0.2) is 30.5 Å². The summed E-state index contributed by atoms with van der Waals surface area (Å²) >= 11 is 0. The van der Waals surface area contributed by atoms with Gasteiger partial charge in [-0.1, -0.05) is 11.6 Å². The van der Waals surface area contributed by atoms with E-state index < -0.39 is 0 Å². The number of rotatable bonds is 3. The molecule has 1 aromatic carbocycles. The van der Waals surface area contributed by atoms with Crippen LogP contribution in [0.5, 0.6) is 0 Å². The molecule has 1 aliphatic carbocycles. The summed E-state index contributed by atoms with van der Waals surface area (Å²) in [6, 6.07) is 8.63. The second-order valence-corrected chi connectivity index (χ2v) is 8.58. The molecule has 2 bridgehead atoms. The summed E-state index contributed by atoms with van der Waals surface area (Å²) < 4.78 is 0. The summed E-state index contributed by atoms with van der Waals surface area (Å²) in [5, 5.41) is 0.990. The van der Waals surface area contributed by atoms with Crippen LogP contribution in [-0.2, 0) is 0 Å². The van der Waals surface area contributed by atoms with Crippen molar-refractivity contribution in [2.45, 2.75) is 38.6 Å². The van der Waals surface area contributed by atoms with E-state index in [1.807, 2.05) is 12.1 Å². The van der Waals surface area contributed by atoms with Crippen LogP contribution in [0, 0.1) is 18.8 Å². The number of hydrogen-bond donors (Lipinski definition) is 0. The Bertz CT molecular complexity index is 844. The Balaban J connectivity index is 1.43. The van der Waals surface area contributed by atoms with Gasteiger partial charge in [0.25, 0.3) is 5.91 Å². The quantitative estimate of drug-likeness (QED) is 0.851. The molecular formula is C22H27N3O. The summed E-state index contributed by atoms with van der Waals surface area (Å²) in [4.78, 5) is 22.7. The average Bonchev–Trinajstić information content (AvgIpc) is 3.48. The van der Waals surface area contributed by atoms with Crippen LogP contribution >= 0.6 is 0 Å². The highest BCUT2D eigenvalue weighted by molar-refractivity contribution is 6.06. The van der Waals surface area contributed by atoms with Crippen LogP contribution in [0.2, 0.25) is 0 Å². The van der Waals surface area contributed by atoms with E-state index in [0.29, 0.717) is 12.0 Å². The fraction of sp³-hybridized carbons (Fsp3) is 0.545. The molecule has 1 saturated carbocycles. The van der Waals surface area contributed by atoms with Gasteiger partial charge in [0.05, 0.1) is 11.1 Å². The van der Waals surface area contributed by atoms with Crippen molar-refractivity contribution in [1.29, 1.82) is 0 Å². The molecule has 3 saturated heterocycles. The zero-order chi connectivity index (χ0) is 17.7. The van der Waals surface area contributed by atoms with Gasteiger partial charge in [-0.2, -0.15) is 0 Å². The third-order valence-electron chi connectivity index (χ3n) is 6.43. The predicted molar refractivity (Wildman–Crippen MR) is 103 cm³/mol. The summed E-state index contributed by atoms with van der Waals surface area (Å²) in [6.45, 7) is 6.30. The van der Waals surface area contributed by atoms with Crippen LogP contribution in [0.1, 0.15) is 41.6 Å². The first-order valence-electron chi connectivity index (χ1n) is 10.1. The fourth-order valence-electron chi connectivity index (χ4n) is 4.82. The summed E-state index contributed by atoms with van der Waals surface area (Å²) in [6.07, 6.45) is 7.09. The number of nitrogens with zero attached hydrogens (tertiary/aromatic N) is 3. The van der Waals surface area contributed by atoms with Gasteiger partial charge < -0.3 is 4.90 Å². The average molecular weight is 349 g/mol. The van der Waals surface area contributed by atoms with Crippen molar-refractivity contribution in [3.63, 3.8) is 0 Å². The van der Waals surface area contributed by atoms with Gasteiger partial charge in [0.1, 0.15) is 0 Å². The van der Waals surface area contributed by atoms with E-state index in [1.165, 1.54) is 44.3 Å². The van der Waals surface area contributed by atoms with Gasteiger partial charge in [-0.25, -0.2) is 0 Å². The van der Waals surface area contributed by atoms with E-state index in [-0.39, 0.29) is 5.91 Å². The summed E-state index contributed by atoms with van der Waals surface area (Å²) in [5.74, 6) is 1.74. The first kappa shape index (κ1) is 16.2. The van der Waals surface area contributed by atoms with Crippen molar-refractivity contribution >= 4 is 16.8 Å². The van der Waals surface area contributed by atoms with Gasteiger partial charge in [-0.15, -0.1) is 0 Å². The van der Waals surface area contributed by atoms with Crippen LogP contribution in [0.4, 0.5) is 0 Å². The minimum atomic E-state index is 0.188. The van der Waals surface area contributed by atoms with Crippen molar-refractivity contribution in [2.75, 3.05) is 26.2 Å². The van der Waals surface area contributed by atoms with Gasteiger partial charge in [0.2, 0.25) is 0 Å². The van der Waals surface area contributed by atoms with E-state index in [0.717, 1.165) is 35.5 Å². The molecule has 2 aromatic rings. The Morgan fingerprint density at radius 3 is 2.85 bits per heavy atom. The lowest BCUT2D eigenvalue weighted by molar-refractivity contribution is 0.0738. The van der Waals surface area contributed by atoms with E-state index in [9.17, 15) is 4.79 Å². The SMILES string of the molecule is Cc1ccc2nccc(C(=O)N3C[C@@H]4CC[C@H](C3)N(CC3CC3)C4)c2c1. The van der Waals surface area contributed by atoms with Gasteiger partial charge in [-0.05, 0) is 62.6 Å². The highest BCUT2D eigenvalue weighted by atomic mass is 16.2. The number of fused-ring (bicyclic) bond motifs is 5. The van der Waals surface area contributed by atoms with Gasteiger partial charge in [0.15, 0.2) is 0 Å². The zero-order valence-electron chi connectivity index (χ0n) is 15.5. The molecule has 4 heterocycles. The van der Waals surface area contributed by atoms with Crippen molar-refractivity contribution in [3.05, 3.63) is 41.6 Å². The molecule has 136 valence electrons. The highest BCUT2D eigenvalue weighted by Crippen LogP contribution is 2.35. The number of carbonyl (C=O) groups excluding carboxylic acids is 1. The Hall–Kier alpha value is -1.94. The Labute approximate surface area is 155 Å². The van der Waals surface area contributed by atoms with Crippen molar-refractivity contribution in [2.24, 2.45) is 11.8 Å².